The first kappa shape index (κ1) is 18.6. The Morgan fingerprint density at radius 2 is 2.31 bits per heavy atom. The molecule has 3 rings (SSSR count). The molecule has 1 N–H and O–H groups in total. The summed E-state index contributed by atoms with van der Waals surface area (Å²) < 4.78 is 11.3. The Morgan fingerprint density at radius 1 is 1.42 bits per heavy atom. The minimum atomic E-state index is 0.214. The van der Waals surface area contributed by atoms with Crippen molar-refractivity contribution in [2.75, 3.05) is 25.6 Å². The molecule has 0 amide bonds. The van der Waals surface area contributed by atoms with Crippen molar-refractivity contribution >= 4 is 23.0 Å². The molecule has 0 radical (unpaired) electrons. The lowest BCUT2D eigenvalue weighted by molar-refractivity contribution is 0.0905. The van der Waals surface area contributed by atoms with Crippen LogP contribution in [-0.4, -0.2) is 41.4 Å². The van der Waals surface area contributed by atoms with Gasteiger partial charge in [-0.25, -0.2) is 0 Å². The molecule has 0 saturated carbocycles. The SMILES string of the molecule is COc1ccc(C)cc1NC(=S)N(Cc1cccnc1)CC1CCCO1. The van der Waals surface area contributed by atoms with Crippen LogP contribution in [0.25, 0.3) is 0 Å². The lowest BCUT2D eigenvalue weighted by atomic mass is 10.2. The normalized spacial score (nSPS) is 16.3. The summed E-state index contributed by atoms with van der Waals surface area (Å²) in [5.41, 5.74) is 3.14. The highest BCUT2D eigenvalue weighted by Gasteiger charge is 2.21. The van der Waals surface area contributed by atoms with Gasteiger partial charge < -0.3 is 19.7 Å². The molecule has 1 atom stereocenters. The van der Waals surface area contributed by atoms with Gasteiger partial charge in [0.25, 0.3) is 0 Å². The van der Waals surface area contributed by atoms with Gasteiger partial charge in [0, 0.05) is 32.1 Å². The highest BCUT2D eigenvalue weighted by Crippen LogP contribution is 2.26. The Kier molecular flexibility index (Phi) is 6.41. The quantitative estimate of drug-likeness (QED) is 0.780. The predicted molar refractivity (Wildman–Crippen MR) is 108 cm³/mol. The topological polar surface area (TPSA) is 46.6 Å². The molecular formula is C20H25N3O2S. The number of aryl methyl sites for hydroxylation is 1. The van der Waals surface area contributed by atoms with Crippen LogP contribution < -0.4 is 10.1 Å². The van der Waals surface area contributed by atoms with Gasteiger partial charge in [0.15, 0.2) is 5.11 Å². The van der Waals surface area contributed by atoms with Crippen LogP contribution >= 0.6 is 12.2 Å². The third kappa shape index (κ3) is 4.93. The molecule has 1 saturated heterocycles. The van der Waals surface area contributed by atoms with E-state index in [-0.39, 0.29) is 6.10 Å². The molecule has 0 bridgehead atoms. The maximum absolute atomic E-state index is 5.82. The first-order valence-corrected chi connectivity index (χ1v) is 9.27. The van der Waals surface area contributed by atoms with Crippen LogP contribution in [0.15, 0.2) is 42.7 Å². The van der Waals surface area contributed by atoms with E-state index in [2.05, 4.69) is 21.3 Å². The summed E-state index contributed by atoms with van der Waals surface area (Å²) in [5.74, 6) is 0.774. The fraction of sp³-hybridized carbons (Fsp3) is 0.400. The lowest BCUT2D eigenvalue weighted by Crippen LogP contribution is -2.39. The van der Waals surface area contributed by atoms with Crippen LogP contribution in [0.5, 0.6) is 5.75 Å². The Morgan fingerprint density at radius 3 is 3.00 bits per heavy atom. The van der Waals surface area contributed by atoms with Crippen LogP contribution in [-0.2, 0) is 11.3 Å². The third-order valence-electron chi connectivity index (χ3n) is 4.43. The maximum Gasteiger partial charge on any atom is 0.173 e. The average molecular weight is 372 g/mol. The van der Waals surface area contributed by atoms with Crippen molar-refractivity contribution in [3.8, 4) is 5.75 Å². The van der Waals surface area contributed by atoms with E-state index >= 15 is 0 Å². The summed E-state index contributed by atoms with van der Waals surface area (Å²) >= 11 is 5.73. The van der Waals surface area contributed by atoms with E-state index < -0.39 is 0 Å². The van der Waals surface area contributed by atoms with E-state index in [1.165, 1.54) is 0 Å². The summed E-state index contributed by atoms with van der Waals surface area (Å²) in [5, 5.41) is 4.01. The molecular weight excluding hydrogens is 346 g/mol. The molecule has 1 aromatic heterocycles. The van der Waals surface area contributed by atoms with Gasteiger partial charge in [0.05, 0.1) is 18.9 Å². The van der Waals surface area contributed by atoms with Gasteiger partial charge >= 0.3 is 0 Å². The van der Waals surface area contributed by atoms with Crippen LogP contribution in [0.3, 0.4) is 0 Å². The number of thiocarbonyl (C=S) groups is 1. The second-order valence-corrected chi connectivity index (χ2v) is 6.90. The summed E-state index contributed by atoms with van der Waals surface area (Å²) in [6.45, 7) is 4.33. The molecule has 26 heavy (non-hydrogen) atoms. The zero-order valence-corrected chi connectivity index (χ0v) is 16.1. The standard InChI is InChI=1S/C20H25N3O2S/c1-15-7-8-19(24-2)18(11-15)22-20(26)23(14-17-6-4-10-25-17)13-16-5-3-9-21-12-16/h3,5,7-9,11-12,17H,4,6,10,13-14H2,1-2H3,(H,22,26). The van der Waals surface area contributed by atoms with Gasteiger partial charge in [-0.05, 0) is 61.3 Å². The summed E-state index contributed by atoms with van der Waals surface area (Å²) in [7, 11) is 1.67. The predicted octanol–water partition coefficient (Wildman–Crippen LogP) is 3.78. The molecule has 2 heterocycles. The Balaban J connectivity index is 1.76. The smallest absolute Gasteiger partial charge is 0.173 e. The number of nitrogens with zero attached hydrogens (tertiary/aromatic N) is 2. The summed E-state index contributed by atoms with van der Waals surface area (Å²) in [6.07, 6.45) is 6.04. The number of ether oxygens (including phenoxy) is 2. The fourth-order valence-corrected chi connectivity index (χ4v) is 3.33. The van der Waals surface area contributed by atoms with E-state index in [0.717, 1.165) is 48.6 Å². The van der Waals surface area contributed by atoms with E-state index in [0.29, 0.717) is 11.7 Å². The van der Waals surface area contributed by atoms with Crippen molar-refractivity contribution in [3.05, 3.63) is 53.9 Å². The third-order valence-corrected chi connectivity index (χ3v) is 4.79. The van der Waals surface area contributed by atoms with Gasteiger partial charge in [0.2, 0.25) is 0 Å². The second-order valence-electron chi connectivity index (χ2n) is 6.51. The Bertz CT molecular complexity index is 733. The number of methoxy groups -OCH3 is 1. The van der Waals surface area contributed by atoms with Crippen molar-refractivity contribution in [2.24, 2.45) is 0 Å². The first-order valence-electron chi connectivity index (χ1n) is 8.87. The van der Waals surface area contributed by atoms with Crippen molar-refractivity contribution in [1.82, 2.24) is 9.88 Å². The van der Waals surface area contributed by atoms with Crippen LogP contribution in [0.4, 0.5) is 5.69 Å². The molecule has 1 unspecified atom stereocenters. The molecule has 1 aromatic carbocycles. The van der Waals surface area contributed by atoms with Gasteiger partial charge in [-0.15, -0.1) is 0 Å². The summed E-state index contributed by atoms with van der Waals surface area (Å²) in [4.78, 5) is 6.35. The molecule has 138 valence electrons. The molecule has 1 aliphatic heterocycles. The second kappa shape index (κ2) is 8.96. The summed E-state index contributed by atoms with van der Waals surface area (Å²) in [6, 6.07) is 10.0. The first-order chi connectivity index (χ1) is 12.7. The molecule has 2 aromatic rings. The van der Waals surface area contributed by atoms with E-state index in [1.54, 1.807) is 13.3 Å². The number of hydrogen-bond acceptors (Lipinski definition) is 4. The molecule has 0 aliphatic carbocycles. The Hall–Kier alpha value is -2.18. The van der Waals surface area contributed by atoms with E-state index in [4.69, 9.17) is 21.7 Å². The highest BCUT2D eigenvalue weighted by molar-refractivity contribution is 7.80. The van der Waals surface area contributed by atoms with Gasteiger partial charge in [0.1, 0.15) is 5.75 Å². The van der Waals surface area contributed by atoms with E-state index in [1.807, 2.05) is 37.4 Å². The highest BCUT2D eigenvalue weighted by atomic mass is 32.1. The molecule has 1 aliphatic rings. The number of benzene rings is 1. The number of pyridine rings is 1. The fourth-order valence-electron chi connectivity index (χ4n) is 3.08. The van der Waals surface area contributed by atoms with Crippen molar-refractivity contribution in [3.63, 3.8) is 0 Å². The van der Waals surface area contributed by atoms with Crippen LogP contribution in [0.2, 0.25) is 0 Å². The lowest BCUT2D eigenvalue weighted by Gasteiger charge is -2.28. The minimum Gasteiger partial charge on any atom is -0.495 e. The molecule has 0 spiro atoms. The van der Waals surface area contributed by atoms with Crippen molar-refractivity contribution in [2.45, 2.75) is 32.4 Å². The van der Waals surface area contributed by atoms with Crippen molar-refractivity contribution in [1.29, 1.82) is 0 Å². The van der Waals surface area contributed by atoms with E-state index in [9.17, 15) is 0 Å². The zero-order valence-electron chi connectivity index (χ0n) is 15.3. The van der Waals surface area contributed by atoms with Crippen LogP contribution in [0, 0.1) is 6.92 Å². The molecule has 1 fully saturated rings. The van der Waals surface area contributed by atoms with Crippen LogP contribution in [0.1, 0.15) is 24.0 Å². The number of anilines is 1. The zero-order chi connectivity index (χ0) is 18.4. The minimum absolute atomic E-state index is 0.214. The number of rotatable bonds is 6. The maximum atomic E-state index is 5.82. The number of hydrogen-bond donors (Lipinski definition) is 1. The largest absolute Gasteiger partial charge is 0.495 e. The average Bonchev–Trinajstić information content (AvgIpc) is 3.15. The van der Waals surface area contributed by atoms with Gasteiger partial charge in [-0.2, -0.15) is 0 Å². The number of nitrogens with one attached hydrogen (secondary N) is 1. The van der Waals surface area contributed by atoms with Crippen molar-refractivity contribution < 1.29 is 9.47 Å². The molecule has 5 nitrogen and oxygen atoms in total. The van der Waals surface area contributed by atoms with Gasteiger partial charge in [-0.1, -0.05) is 12.1 Å². The molecule has 6 heteroatoms. The van der Waals surface area contributed by atoms with Gasteiger partial charge in [-0.3, -0.25) is 4.98 Å². The Labute approximate surface area is 160 Å². The number of aromatic nitrogens is 1. The monoisotopic (exact) mass is 371 g/mol.